The monoisotopic (exact) mass is 317 g/mol. The Balaban J connectivity index is 2.15. The molecule has 0 N–H and O–H groups in total. The van der Waals surface area contributed by atoms with Crippen LogP contribution >= 0.6 is 15.9 Å². The van der Waals surface area contributed by atoms with Crippen LogP contribution in [-0.2, 0) is 6.42 Å². The van der Waals surface area contributed by atoms with Crippen molar-refractivity contribution in [3.63, 3.8) is 0 Å². The first-order valence-corrected chi connectivity index (χ1v) is 6.90. The summed E-state index contributed by atoms with van der Waals surface area (Å²) in [5, 5.41) is 0. The number of carbonyl (C=O) groups is 1. The average molecular weight is 318 g/mol. The molecule has 0 aliphatic carbocycles. The topological polar surface area (TPSA) is 20.3 Å². The molecule has 0 saturated carbocycles. The smallest absolute Gasteiger partial charge is 0.167 e. The Morgan fingerprint density at radius 2 is 1.79 bits per heavy atom. The van der Waals surface area contributed by atoms with Crippen molar-refractivity contribution in [3.05, 3.63) is 64.1 Å². The molecule has 0 spiro atoms. The maximum absolute atomic E-state index is 12.2. The Kier molecular flexibility index (Phi) is 4.38. The van der Waals surface area contributed by atoms with Crippen molar-refractivity contribution in [1.82, 2.24) is 0 Å². The van der Waals surface area contributed by atoms with Gasteiger partial charge in [-0.05, 0) is 29.8 Å². The first-order valence-electron chi connectivity index (χ1n) is 6.11. The number of ketones is 1. The van der Waals surface area contributed by atoms with Gasteiger partial charge < -0.3 is 4.90 Å². The Morgan fingerprint density at radius 3 is 2.42 bits per heavy atom. The number of benzene rings is 2. The van der Waals surface area contributed by atoms with Crippen LogP contribution in [0.2, 0.25) is 0 Å². The predicted octanol–water partition coefficient (Wildman–Crippen LogP) is 3.94. The number of carbonyl (C=O) groups excluding carboxylic acids is 1. The van der Waals surface area contributed by atoms with Gasteiger partial charge >= 0.3 is 0 Å². The number of nitrogens with zero attached hydrogens (tertiary/aromatic N) is 1. The molecule has 19 heavy (non-hydrogen) atoms. The molecule has 2 nitrogen and oxygen atoms in total. The maximum atomic E-state index is 12.2. The molecule has 0 fully saturated rings. The second-order valence-corrected chi connectivity index (χ2v) is 5.59. The van der Waals surface area contributed by atoms with Crippen molar-refractivity contribution in [2.45, 2.75) is 6.42 Å². The second kappa shape index (κ2) is 6.02. The minimum atomic E-state index is 0.144. The van der Waals surface area contributed by atoms with Crippen molar-refractivity contribution in [2.75, 3.05) is 19.0 Å². The maximum Gasteiger partial charge on any atom is 0.167 e. The van der Waals surface area contributed by atoms with Gasteiger partial charge in [-0.15, -0.1) is 0 Å². The summed E-state index contributed by atoms with van der Waals surface area (Å²) in [7, 11) is 3.94. The number of hydrogen-bond acceptors (Lipinski definition) is 2. The molecule has 2 rings (SSSR count). The van der Waals surface area contributed by atoms with Crippen LogP contribution < -0.4 is 4.90 Å². The molecule has 0 amide bonds. The van der Waals surface area contributed by atoms with Crippen LogP contribution in [0.25, 0.3) is 0 Å². The van der Waals surface area contributed by atoms with Gasteiger partial charge in [0.1, 0.15) is 0 Å². The summed E-state index contributed by atoms with van der Waals surface area (Å²) in [4.78, 5) is 14.2. The number of rotatable bonds is 4. The van der Waals surface area contributed by atoms with Gasteiger partial charge in [-0.2, -0.15) is 0 Å². The van der Waals surface area contributed by atoms with Crippen LogP contribution in [0, 0.1) is 0 Å². The lowest BCUT2D eigenvalue weighted by Gasteiger charge is -2.13. The first kappa shape index (κ1) is 13.8. The largest absolute Gasteiger partial charge is 0.378 e. The lowest BCUT2D eigenvalue weighted by Crippen LogP contribution is -2.10. The fourth-order valence-corrected chi connectivity index (χ4v) is 2.11. The van der Waals surface area contributed by atoms with Crippen LogP contribution in [0.4, 0.5) is 5.69 Å². The lowest BCUT2D eigenvalue weighted by atomic mass is 10.0. The van der Waals surface area contributed by atoms with E-state index in [9.17, 15) is 4.79 Å². The van der Waals surface area contributed by atoms with Crippen molar-refractivity contribution < 1.29 is 4.79 Å². The zero-order valence-corrected chi connectivity index (χ0v) is 12.6. The van der Waals surface area contributed by atoms with E-state index >= 15 is 0 Å². The van der Waals surface area contributed by atoms with Crippen LogP contribution in [-0.4, -0.2) is 19.9 Å². The zero-order valence-electron chi connectivity index (χ0n) is 11.1. The number of halogens is 1. The van der Waals surface area contributed by atoms with E-state index in [2.05, 4.69) is 15.9 Å². The van der Waals surface area contributed by atoms with E-state index in [1.165, 1.54) is 0 Å². The molecule has 0 bridgehead atoms. The fraction of sp³-hybridized carbons (Fsp3) is 0.188. The van der Waals surface area contributed by atoms with Gasteiger partial charge in [-0.3, -0.25) is 4.79 Å². The highest BCUT2D eigenvalue weighted by atomic mass is 79.9. The summed E-state index contributed by atoms with van der Waals surface area (Å²) in [5.41, 5.74) is 2.83. The van der Waals surface area contributed by atoms with Gasteiger partial charge in [0.15, 0.2) is 5.78 Å². The highest BCUT2D eigenvalue weighted by Gasteiger charge is 2.08. The molecular formula is C16H16BrNO. The van der Waals surface area contributed by atoms with E-state index in [-0.39, 0.29) is 5.78 Å². The summed E-state index contributed by atoms with van der Waals surface area (Å²) < 4.78 is 1.03. The Bertz CT molecular complexity index is 576. The first-order chi connectivity index (χ1) is 9.06. The fourth-order valence-electron chi connectivity index (χ4n) is 1.85. The lowest BCUT2D eigenvalue weighted by molar-refractivity contribution is 0.0993. The Labute approximate surface area is 122 Å². The third-order valence-corrected chi connectivity index (χ3v) is 3.49. The SMILES string of the molecule is CN(C)c1cccc(C(=O)Cc2ccc(Br)cc2)c1. The molecule has 0 radical (unpaired) electrons. The second-order valence-electron chi connectivity index (χ2n) is 4.67. The van der Waals surface area contributed by atoms with Gasteiger partial charge in [0.2, 0.25) is 0 Å². The van der Waals surface area contributed by atoms with E-state index in [4.69, 9.17) is 0 Å². The van der Waals surface area contributed by atoms with Crippen molar-refractivity contribution in [3.8, 4) is 0 Å². The van der Waals surface area contributed by atoms with Gasteiger partial charge in [-0.25, -0.2) is 0 Å². The number of anilines is 1. The quantitative estimate of drug-likeness (QED) is 0.796. The predicted molar refractivity (Wildman–Crippen MR) is 82.9 cm³/mol. The van der Waals surface area contributed by atoms with E-state index in [1.54, 1.807) is 0 Å². The Morgan fingerprint density at radius 1 is 1.11 bits per heavy atom. The van der Waals surface area contributed by atoms with Gasteiger partial charge in [0, 0.05) is 36.2 Å². The summed E-state index contributed by atoms with van der Waals surface area (Å²) in [6, 6.07) is 15.6. The van der Waals surface area contributed by atoms with Crippen LogP contribution in [0.15, 0.2) is 53.0 Å². The van der Waals surface area contributed by atoms with Crippen LogP contribution in [0.3, 0.4) is 0 Å². The van der Waals surface area contributed by atoms with E-state index in [1.807, 2.05) is 67.5 Å². The van der Waals surface area contributed by atoms with Gasteiger partial charge in [0.05, 0.1) is 0 Å². The number of Topliss-reactive ketones (excluding diaryl/α,β-unsaturated/α-hetero) is 1. The molecule has 0 aliphatic heterocycles. The third kappa shape index (κ3) is 3.67. The van der Waals surface area contributed by atoms with E-state index in [0.717, 1.165) is 21.3 Å². The Hall–Kier alpha value is -1.61. The highest BCUT2D eigenvalue weighted by Crippen LogP contribution is 2.16. The average Bonchev–Trinajstić information content (AvgIpc) is 2.41. The van der Waals surface area contributed by atoms with Crippen LogP contribution in [0.5, 0.6) is 0 Å². The summed E-state index contributed by atoms with van der Waals surface area (Å²) in [6.07, 6.45) is 0.435. The molecular weight excluding hydrogens is 302 g/mol. The van der Waals surface area contributed by atoms with Gasteiger partial charge in [-0.1, -0.05) is 40.2 Å². The summed E-state index contributed by atoms with van der Waals surface area (Å²) in [6.45, 7) is 0. The van der Waals surface area contributed by atoms with E-state index < -0.39 is 0 Å². The standard InChI is InChI=1S/C16H16BrNO/c1-18(2)15-5-3-4-13(11-15)16(19)10-12-6-8-14(17)9-7-12/h3-9,11H,10H2,1-2H3. The highest BCUT2D eigenvalue weighted by molar-refractivity contribution is 9.10. The molecule has 0 unspecified atom stereocenters. The molecule has 0 aromatic heterocycles. The third-order valence-electron chi connectivity index (χ3n) is 2.96. The molecule has 2 aromatic carbocycles. The van der Waals surface area contributed by atoms with Crippen LogP contribution in [0.1, 0.15) is 15.9 Å². The molecule has 0 saturated heterocycles. The van der Waals surface area contributed by atoms with Crippen molar-refractivity contribution in [2.24, 2.45) is 0 Å². The zero-order chi connectivity index (χ0) is 13.8. The van der Waals surface area contributed by atoms with E-state index in [0.29, 0.717) is 6.42 Å². The van der Waals surface area contributed by atoms with Gasteiger partial charge in [0.25, 0.3) is 0 Å². The van der Waals surface area contributed by atoms with Crippen molar-refractivity contribution in [1.29, 1.82) is 0 Å². The van der Waals surface area contributed by atoms with Crippen molar-refractivity contribution >= 4 is 27.4 Å². The summed E-state index contributed by atoms with van der Waals surface area (Å²) >= 11 is 3.39. The molecule has 0 aliphatic rings. The molecule has 2 aromatic rings. The summed E-state index contributed by atoms with van der Waals surface area (Å²) in [5.74, 6) is 0.144. The molecule has 98 valence electrons. The normalized spacial score (nSPS) is 10.3. The number of hydrogen-bond donors (Lipinski definition) is 0. The molecule has 3 heteroatoms. The molecule has 0 atom stereocenters. The minimum absolute atomic E-state index is 0.144. The molecule has 0 heterocycles. The minimum Gasteiger partial charge on any atom is -0.378 e.